The minimum Gasteiger partial charge on any atom is -0.377 e. The Bertz CT molecular complexity index is 293. The zero-order valence-corrected chi connectivity index (χ0v) is 9.45. The van der Waals surface area contributed by atoms with Crippen LogP contribution in [0.15, 0.2) is 12.4 Å². The topological polar surface area (TPSA) is 59.1 Å². The highest BCUT2D eigenvalue weighted by Gasteiger charge is 2.01. The molecule has 0 amide bonds. The SMILES string of the molecule is CCOC(C)CNc1cncc(NC)n1. The number of rotatable bonds is 6. The first-order chi connectivity index (χ1) is 7.26. The second-order valence-electron chi connectivity index (χ2n) is 3.19. The Morgan fingerprint density at radius 2 is 2.13 bits per heavy atom. The summed E-state index contributed by atoms with van der Waals surface area (Å²) in [4.78, 5) is 8.33. The van der Waals surface area contributed by atoms with E-state index < -0.39 is 0 Å². The van der Waals surface area contributed by atoms with Gasteiger partial charge in [0.15, 0.2) is 0 Å². The number of hydrogen-bond acceptors (Lipinski definition) is 5. The van der Waals surface area contributed by atoms with Crippen LogP contribution in [0.2, 0.25) is 0 Å². The number of nitrogens with zero attached hydrogens (tertiary/aromatic N) is 2. The molecule has 0 radical (unpaired) electrons. The van der Waals surface area contributed by atoms with E-state index in [0.717, 1.165) is 24.8 Å². The number of anilines is 2. The molecular formula is C10H18N4O. The fourth-order valence-corrected chi connectivity index (χ4v) is 1.16. The first-order valence-electron chi connectivity index (χ1n) is 5.11. The van der Waals surface area contributed by atoms with Crippen molar-refractivity contribution in [1.82, 2.24) is 9.97 Å². The maximum absolute atomic E-state index is 5.39. The standard InChI is InChI=1S/C10H18N4O/c1-4-15-8(2)5-13-10-7-12-6-9(11-3)14-10/h6-8H,4-5H2,1-3H3,(H2,11,13,14). The molecule has 1 unspecified atom stereocenters. The lowest BCUT2D eigenvalue weighted by molar-refractivity contribution is 0.0855. The predicted molar refractivity (Wildman–Crippen MR) is 61.2 cm³/mol. The summed E-state index contributed by atoms with van der Waals surface area (Å²) in [6, 6.07) is 0. The van der Waals surface area contributed by atoms with Crippen LogP contribution >= 0.6 is 0 Å². The Morgan fingerprint density at radius 3 is 2.80 bits per heavy atom. The Kier molecular flexibility index (Phi) is 4.83. The Hall–Kier alpha value is -1.36. The molecule has 1 rings (SSSR count). The van der Waals surface area contributed by atoms with Crippen molar-refractivity contribution in [2.24, 2.45) is 0 Å². The van der Waals surface area contributed by atoms with E-state index in [1.807, 2.05) is 20.9 Å². The fourth-order valence-electron chi connectivity index (χ4n) is 1.16. The fraction of sp³-hybridized carbons (Fsp3) is 0.600. The summed E-state index contributed by atoms with van der Waals surface area (Å²) in [6.07, 6.45) is 3.55. The quantitative estimate of drug-likeness (QED) is 0.742. The molecule has 0 saturated heterocycles. The maximum atomic E-state index is 5.39. The first-order valence-corrected chi connectivity index (χ1v) is 5.11. The summed E-state index contributed by atoms with van der Waals surface area (Å²) in [5.41, 5.74) is 0. The normalized spacial score (nSPS) is 12.2. The molecule has 0 aromatic carbocycles. The summed E-state index contributed by atoms with van der Waals surface area (Å²) < 4.78 is 5.39. The molecule has 1 aromatic heterocycles. The Labute approximate surface area is 90.3 Å². The van der Waals surface area contributed by atoms with Gasteiger partial charge in [-0.05, 0) is 13.8 Å². The Morgan fingerprint density at radius 1 is 1.40 bits per heavy atom. The maximum Gasteiger partial charge on any atom is 0.147 e. The summed E-state index contributed by atoms with van der Waals surface area (Å²) >= 11 is 0. The van der Waals surface area contributed by atoms with Gasteiger partial charge in [0.05, 0.1) is 18.5 Å². The highest BCUT2D eigenvalue weighted by atomic mass is 16.5. The van der Waals surface area contributed by atoms with Crippen LogP contribution in [-0.2, 0) is 4.74 Å². The first kappa shape index (κ1) is 11.7. The van der Waals surface area contributed by atoms with Gasteiger partial charge in [0.25, 0.3) is 0 Å². The van der Waals surface area contributed by atoms with Gasteiger partial charge in [-0.25, -0.2) is 4.98 Å². The zero-order valence-electron chi connectivity index (χ0n) is 9.45. The molecule has 2 N–H and O–H groups in total. The van der Waals surface area contributed by atoms with Crippen molar-refractivity contribution in [2.75, 3.05) is 30.8 Å². The van der Waals surface area contributed by atoms with Crippen LogP contribution in [0.5, 0.6) is 0 Å². The van der Waals surface area contributed by atoms with Crippen molar-refractivity contribution in [3.63, 3.8) is 0 Å². The summed E-state index contributed by atoms with van der Waals surface area (Å²) in [7, 11) is 1.82. The van der Waals surface area contributed by atoms with Crippen molar-refractivity contribution >= 4 is 11.6 Å². The van der Waals surface area contributed by atoms with Crippen molar-refractivity contribution in [1.29, 1.82) is 0 Å². The third-order valence-electron chi connectivity index (χ3n) is 1.91. The lowest BCUT2D eigenvalue weighted by Crippen LogP contribution is -2.20. The number of nitrogens with one attached hydrogen (secondary N) is 2. The molecule has 15 heavy (non-hydrogen) atoms. The van der Waals surface area contributed by atoms with Crippen molar-refractivity contribution < 1.29 is 4.74 Å². The largest absolute Gasteiger partial charge is 0.377 e. The molecule has 0 aliphatic heterocycles. The minimum atomic E-state index is 0.176. The zero-order chi connectivity index (χ0) is 11.1. The van der Waals surface area contributed by atoms with E-state index in [4.69, 9.17) is 4.74 Å². The van der Waals surface area contributed by atoms with E-state index >= 15 is 0 Å². The molecule has 0 spiro atoms. The molecule has 0 aliphatic carbocycles. The van der Waals surface area contributed by atoms with Gasteiger partial charge < -0.3 is 15.4 Å². The van der Waals surface area contributed by atoms with Crippen LogP contribution in [0, 0.1) is 0 Å². The van der Waals surface area contributed by atoms with Gasteiger partial charge in [0.2, 0.25) is 0 Å². The van der Waals surface area contributed by atoms with E-state index in [1.54, 1.807) is 12.4 Å². The minimum absolute atomic E-state index is 0.176. The molecule has 5 heteroatoms. The van der Waals surface area contributed by atoms with Gasteiger partial charge in [-0.3, -0.25) is 4.98 Å². The average Bonchev–Trinajstić information content (AvgIpc) is 2.27. The second-order valence-corrected chi connectivity index (χ2v) is 3.19. The van der Waals surface area contributed by atoms with Crippen LogP contribution in [0.1, 0.15) is 13.8 Å². The number of ether oxygens (including phenoxy) is 1. The number of aromatic nitrogens is 2. The molecular weight excluding hydrogens is 192 g/mol. The summed E-state index contributed by atoms with van der Waals surface area (Å²) in [6.45, 7) is 5.46. The van der Waals surface area contributed by atoms with Crippen LogP contribution < -0.4 is 10.6 Å². The van der Waals surface area contributed by atoms with Crippen LogP contribution in [-0.4, -0.2) is 36.3 Å². The molecule has 1 atom stereocenters. The molecule has 0 fully saturated rings. The van der Waals surface area contributed by atoms with E-state index in [-0.39, 0.29) is 6.10 Å². The number of hydrogen-bond donors (Lipinski definition) is 2. The molecule has 5 nitrogen and oxygen atoms in total. The lowest BCUT2D eigenvalue weighted by atomic mass is 10.4. The Balaban J connectivity index is 2.43. The van der Waals surface area contributed by atoms with Crippen LogP contribution in [0.3, 0.4) is 0 Å². The van der Waals surface area contributed by atoms with Crippen LogP contribution in [0.4, 0.5) is 11.6 Å². The lowest BCUT2D eigenvalue weighted by Gasteiger charge is -2.12. The molecule has 0 saturated carbocycles. The smallest absolute Gasteiger partial charge is 0.147 e. The monoisotopic (exact) mass is 210 g/mol. The van der Waals surface area contributed by atoms with Crippen molar-refractivity contribution in [3.05, 3.63) is 12.4 Å². The molecule has 0 aliphatic rings. The van der Waals surface area contributed by atoms with E-state index in [9.17, 15) is 0 Å². The van der Waals surface area contributed by atoms with Crippen molar-refractivity contribution in [3.8, 4) is 0 Å². The molecule has 1 heterocycles. The van der Waals surface area contributed by atoms with Gasteiger partial charge in [0, 0.05) is 20.2 Å². The van der Waals surface area contributed by atoms with Crippen LogP contribution in [0.25, 0.3) is 0 Å². The van der Waals surface area contributed by atoms with E-state index in [2.05, 4.69) is 20.6 Å². The third-order valence-corrected chi connectivity index (χ3v) is 1.91. The van der Waals surface area contributed by atoms with Gasteiger partial charge in [-0.1, -0.05) is 0 Å². The molecule has 0 bridgehead atoms. The highest BCUT2D eigenvalue weighted by Crippen LogP contribution is 2.05. The third kappa shape index (κ3) is 4.12. The summed E-state index contributed by atoms with van der Waals surface area (Å²) in [5, 5.41) is 6.10. The van der Waals surface area contributed by atoms with Gasteiger partial charge in [-0.15, -0.1) is 0 Å². The second kappa shape index (κ2) is 6.19. The highest BCUT2D eigenvalue weighted by molar-refractivity contribution is 5.40. The molecule has 84 valence electrons. The molecule has 1 aromatic rings. The van der Waals surface area contributed by atoms with Gasteiger partial charge in [0.1, 0.15) is 11.6 Å². The summed E-state index contributed by atoms with van der Waals surface area (Å²) in [5.74, 6) is 1.51. The van der Waals surface area contributed by atoms with Gasteiger partial charge in [-0.2, -0.15) is 0 Å². The van der Waals surface area contributed by atoms with Gasteiger partial charge >= 0.3 is 0 Å². The van der Waals surface area contributed by atoms with E-state index in [0.29, 0.717) is 0 Å². The average molecular weight is 210 g/mol. The predicted octanol–water partition coefficient (Wildman–Crippen LogP) is 1.36. The van der Waals surface area contributed by atoms with E-state index in [1.165, 1.54) is 0 Å². The van der Waals surface area contributed by atoms with Crippen molar-refractivity contribution in [2.45, 2.75) is 20.0 Å².